The maximum absolute atomic E-state index is 8.52. The van der Waals surface area contributed by atoms with Crippen LogP contribution in [0.3, 0.4) is 0 Å². The van der Waals surface area contributed by atoms with Crippen LogP contribution in [0, 0.1) is 0 Å². The molecule has 0 spiro atoms. The molecule has 0 saturated heterocycles. The minimum absolute atomic E-state index is 0.420. The van der Waals surface area contributed by atoms with Crippen molar-refractivity contribution in [3.05, 3.63) is 12.2 Å². The zero-order chi connectivity index (χ0) is 7.45. The molecule has 1 atom stereocenters. The Balaban J connectivity index is 2.55. The van der Waals surface area contributed by atoms with E-state index in [0.717, 1.165) is 19.3 Å². The first kappa shape index (κ1) is 7.76. The second-order valence-electron chi connectivity index (χ2n) is 3.05. The van der Waals surface area contributed by atoms with Crippen LogP contribution in [0.5, 0.6) is 0 Å². The number of allylic oxidation sites excluding steroid dienone is 1. The van der Waals surface area contributed by atoms with Gasteiger partial charge in [-0.3, -0.25) is 5.26 Å². The number of hydrogen-bond donors (Lipinski definition) is 1. The van der Waals surface area contributed by atoms with Gasteiger partial charge in [0.25, 0.3) is 0 Å². The molecule has 0 radical (unpaired) electrons. The predicted molar refractivity (Wildman–Crippen MR) is 39.7 cm³/mol. The second-order valence-corrected chi connectivity index (χ2v) is 3.05. The van der Waals surface area contributed by atoms with Crippen LogP contribution in [0.2, 0.25) is 0 Å². The highest BCUT2D eigenvalue weighted by Gasteiger charge is 2.22. The Morgan fingerprint density at radius 1 is 1.50 bits per heavy atom. The number of hydrogen-bond acceptors (Lipinski definition) is 2. The highest BCUT2D eigenvalue weighted by atomic mass is 17.1. The van der Waals surface area contributed by atoms with Gasteiger partial charge in [0.15, 0.2) is 0 Å². The summed E-state index contributed by atoms with van der Waals surface area (Å²) < 4.78 is 0. The van der Waals surface area contributed by atoms with Crippen molar-refractivity contribution in [2.45, 2.75) is 38.2 Å². The normalized spacial score (nSPS) is 33.8. The Morgan fingerprint density at radius 3 is 3.00 bits per heavy atom. The van der Waals surface area contributed by atoms with E-state index in [9.17, 15) is 0 Å². The summed E-state index contributed by atoms with van der Waals surface area (Å²) in [4.78, 5) is 4.37. The molecule has 1 unspecified atom stereocenters. The molecule has 58 valence electrons. The molecule has 2 nitrogen and oxygen atoms in total. The summed E-state index contributed by atoms with van der Waals surface area (Å²) in [5.41, 5.74) is -0.420. The topological polar surface area (TPSA) is 29.5 Å². The van der Waals surface area contributed by atoms with E-state index in [4.69, 9.17) is 5.26 Å². The van der Waals surface area contributed by atoms with Crippen LogP contribution in [-0.2, 0) is 4.89 Å². The standard InChI is InChI=1S/C8H14O2/c1-8(10-9)6-4-2-3-5-7-8/h4,6,9H,2-3,5,7H2,1H3. The Hall–Kier alpha value is -0.340. The van der Waals surface area contributed by atoms with Crippen molar-refractivity contribution in [1.29, 1.82) is 0 Å². The van der Waals surface area contributed by atoms with Gasteiger partial charge in [0.2, 0.25) is 0 Å². The van der Waals surface area contributed by atoms with Gasteiger partial charge in [-0.05, 0) is 32.6 Å². The summed E-state index contributed by atoms with van der Waals surface area (Å²) >= 11 is 0. The molecular formula is C8H14O2. The Labute approximate surface area is 61.4 Å². The summed E-state index contributed by atoms with van der Waals surface area (Å²) in [6.45, 7) is 1.90. The lowest BCUT2D eigenvalue weighted by atomic mass is 10.0. The van der Waals surface area contributed by atoms with Crippen molar-refractivity contribution < 1.29 is 10.1 Å². The molecule has 0 aromatic heterocycles. The van der Waals surface area contributed by atoms with E-state index in [1.807, 2.05) is 13.0 Å². The molecule has 10 heavy (non-hydrogen) atoms. The van der Waals surface area contributed by atoms with E-state index in [-0.39, 0.29) is 0 Å². The summed E-state index contributed by atoms with van der Waals surface area (Å²) in [7, 11) is 0. The van der Waals surface area contributed by atoms with Crippen molar-refractivity contribution in [1.82, 2.24) is 0 Å². The minimum atomic E-state index is -0.420. The quantitative estimate of drug-likeness (QED) is 0.346. The Morgan fingerprint density at radius 2 is 2.30 bits per heavy atom. The molecule has 1 rings (SSSR count). The molecule has 0 saturated carbocycles. The molecular weight excluding hydrogens is 128 g/mol. The largest absolute Gasteiger partial charge is 0.251 e. The fourth-order valence-corrected chi connectivity index (χ4v) is 1.23. The van der Waals surface area contributed by atoms with Crippen molar-refractivity contribution in [3.8, 4) is 0 Å². The summed E-state index contributed by atoms with van der Waals surface area (Å²) in [5, 5.41) is 8.52. The summed E-state index contributed by atoms with van der Waals surface area (Å²) in [6.07, 6.45) is 8.38. The monoisotopic (exact) mass is 142 g/mol. The van der Waals surface area contributed by atoms with Gasteiger partial charge >= 0.3 is 0 Å². The van der Waals surface area contributed by atoms with E-state index in [0.29, 0.717) is 0 Å². The van der Waals surface area contributed by atoms with E-state index in [2.05, 4.69) is 11.0 Å². The smallest absolute Gasteiger partial charge is 0.119 e. The third-order valence-electron chi connectivity index (χ3n) is 1.97. The van der Waals surface area contributed by atoms with Gasteiger partial charge in [-0.15, -0.1) is 0 Å². The van der Waals surface area contributed by atoms with Gasteiger partial charge < -0.3 is 0 Å². The van der Waals surface area contributed by atoms with Crippen LogP contribution in [0.1, 0.15) is 32.6 Å². The van der Waals surface area contributed by atoms with Gasteiger partial charge in [-0.1, -0.05) is 12.2 Å². The van der Waals surface area contributed by atoms with E-state index in [1.54, 1.807) is 0 Å². The van der Waals surface area contributed by atoms with Crippen LogP contribution < -0.4 is 0 Å². The summed E-state index contributed by atoms with van der Waals surface area (Å²) in [6, 6.07) is 0. The zero-order valence-electron chi connectivity index (χ0n) is 6.34. The van der Waals surface area contributed by atoms with E-state index < -0.39 is 5.60 Å². The van der Waals surface area contributed by atoms with Gasteiger partial charge in [-0.25, -0.2) is 4.89 Å². The highest BCUT2D eigenvalue weighted by Crippen LogP contribution is 2.23. The average Bonchev–Trinajstić information content (AvgIpc) is 2.15. The highest BCUT2D eigenvalue weighted by molar-refractivity contribution is 5.00. The summed E-state index contributed by atoms with van der Waals surface area (Å²) in [5.74, 6) is 0. The first-order valence-electron chi connectivity index (χ1n) is 3.77. The van der Waals surface area contributed by atoms with Gasteiger partial charge in [0.05, 0.1) is 0 Å². The van der Waals surface area contributed by atoms with Crippen LogP contribution in [0.25, 0.3) is 0 Å². The van der Waals surface area contributed by atoms with Gasteiger partial charge in [0, 0.05) is 0 Å². The number of rotatable bonds is 1. The zero-order valence-corrected chi connectivity index (χ0v) is 6.34. The lowest BCUT2D eigenvalue weighted by molar-refractivity contribution is -0.303. The fraction of sp³-hybridized carbons (Fsp3) is 0.750. The van der Waals surface area contributed by atoms with Gasteiger partial charge in [-0.2, -0.15) is 0 Å². The van der Waals surface area contributed by atoms with Crippen molar-refractivity contribution in [2.24, 2.45) is 0 Å². The lowest BCUT2D eigenvalue weighted by Gasteiger charge is -2.19. The second kappa shape index (κ2) is 3.17. The molecule has 0 aliphatic heterocycles. The minimum Gasteiger partial charge on any atom is -0.251 e. The van der Waals surface area contributed by atoms with Gasteiger partial charge in [0.1, 0.15) is 5.60 Å². The SMILES string of the molecule is CC1(OO)C=CCCCC1. The molecule has 1 aliphatic rings. The van der Waals surface area contributed by atoms with Crippen LogP contribution in [0.4, 0.5) is 0 Å². The predicted octanol–water partition coefficient (Wildman–Crippen LogP) is 2.36. The maximum atomic E-state index is 8.52. The van der Waals surface area contributed by atoms with Crippen LogP contribution in [-0.4, -0.2) is 10.9 Å². The van der Waals surface area contributed by atoms with Crippen LogP contribution in [0.15, 0.2) is 12.2 Å². The average molecular weight is 142 g/mol. The third-order valence-corrected chi connectivity index (χ3v) is 1.97. The molecule has 0 fully saturated rings. The third kappa shape index (κ3) is 1.82. The molecule has 0 amide bonds. The fourth-order valence-electron chi connectivity index (χ4n) is 1.23. The molecule has 1 aliphatic carbocycles. The lowest BCUT2D eigenvalue weighted by Crippen LogP contribution is -2.23. The van der Waals surface area contributed by atoms with E-state index in [1.165, 1.54) is 6.42 Å². The molecule has 2 heteroatoms. The molecule has 1 N–H and O–H groups in total. The Kier molecular flexibility index (Phi) is 2.46. The first-order chi connectivity index (χ1) is 4.77. The maximum Gasteiger partial charge on any atom is 0.119 e. The van der Waals surface area contributed by atoms with Crippen molar-refractivity contribution in [2.75, 3.05) is 0 Å². The molecule has 0 aromatic rings. The van der Waals surface area contributed by atoms with Crippen molar-refractivity contribution >= 4 is 0 Å². The molecule has 0 bridgehead atoms. The first-order valence-corrected chi connectivity index (χ1v) is 3.77. The van der Waals surface area contributed by atoms with Crippen LogP contribution >= 0.6 is 0 Å². The van der Waals surface area contributed by atoms with Crippen molar-refractivity contribution in [3.63, 3.8) is 0 Å². The molecule has 0 aromatic carbocycles. The molecule has 0 heterocycles. The Bertz CT molecular complexity index is 131. The van der Waals surface area contributed by atoms with E-state index >= 15 is 0 Å².